The molecule has 31 heavy (non-hydrogen) atoms. The fourth-order valence-corrected chi connectivity index (χ4v) is 5.01. The van der Waals surface area contributed by atoms with Gasteiger partial charge in [-0.3, -0.25) is 0 Å². The summed E-state index contributed by atoms with van der Waals surface area (Å²) in [6, 6.07) is 15.5. The monoisotopic (exact) mass is 418 g/mol. The van der Waals surface area contributed by atoms with Crippen molar-refractivity contribution in [3.8, 4) is 0 Å². The standard InChI is InChI=1S/C27H34N2O2/c1-2-22(16-20-6-4-3-5-7-20)24-17-26(24)29-23-13-10-19(11-14-23)8-9-21-12-15-25(27(30)31)28-18-21/h3-7,12,15-16,18-19,23-24,26,29H,2,8-11,13-14,17H2,1H3,(H,30,31)/b22-16+/t19?,23?,24-,26+/m0/s1. The van der Waals surface area contributed by atoms with E-state index in [0.29, 0.717) is 18.0 Å². The number of nitrogens with zero attached hydrogens (tertiary/aromatic N) is 1. The van der Waals surface area contributed by atoms with Crippen LogP contribution >= 0.6 is 0 Å². The van der Waals surface area contributed by atoms with Crippen LogP contribution in [0.25, 0.3) is 6.08 Å². The molecule has 2 fully saturated rings. The lowest BCUT2D eigenvalue weighted by Crippen LogP contribution is -2.35. The van der Waals surface area contributed by atoms with Gasteiger partial charge in [-0.1, -0.05) is 55.0 Å². The molecule has 1 heterocycles. The van der Waals surface area contributed by atoms with Crippen molar-refractivity contribution in [1.29, 1.82) is 0 Å². The van der Waals surface area contributed by atoms with Crippen molar-refractivity contribution < 1.29 is 9.90 Å². The smallest absolute Gasteiger partial charge is 0.354 e. The van der Waals surface area contributed by atoms with Gasteiger partial charge in [0.15, 0.2) is 0 Å². The number of hydrogen-bond acceptors (Lipinski definition) is 3. The van der Waals surface area contributed by atoms with Gasteiger partial charge in [0.2, 0.25) is 0 Å². The fraction of sp³-hybridized carbons (Fsp3) is 0.481. The number of rotatable bonds is 9. The van der Waals surface area contributed by atoms with E-state index in [4.69, 9.17) is 5.11 Å². The third-order valence-electron chi connectivity index (χ3n) is 7.01. The molecule has 2 aromatic rings. The zero-order valence-corrected chi connectivity index (χ0v) is 18.5. The Balaban J connectivity index is 1.18. The minimum absolute atomic E-state index is 0.124. The summed E-state index contributed by atoms with van der Waals surface area (Å²) in [6.07, 6.45) is 13.8. The van der Waals surface area contributed by atoms with Crippen LogP contribution < -0.4 is 5.32 Å². The van der Waals surface area contributed by atoms with Crippen molar-refractivity contribution >= 4 is 12.0 Å². The molecular formula is C27H34N2O2. The maximum atomic E-state index is 10.9. The molecule has 2 aliphatic carbocycles. The fourth-order valence-electron chi connectivity index (χ4n) is 5.01. The van der Waals surface area contributed by atoms with Crippen LogP contribution in [-0.4, -0.2) is 28.1 Å². The molecule has 2 aliphatic rings. The van der Waals surface area contributed by atoms with Crippen LogP contribution in [0.4, 0.5) is 0 Å². The van der Waals surface area contributed by atoms with Gasteiger partial charge in [0.1, 0.15) is 5.69 Å². The molecule has 2 saturated carbocycles. The normalized spacial score (nSPS) is 25.9. The summed E-state index contributed by atoms with van der Waals surface area (Å²) >= 11 is 0. The summed E-state index contributed by atoms with van der Waals surface area (Å²) in [5.74, 6) is 0.525. The summed E-state index contributed by atoms with van der Waals surface area (Å²) in [4.78, 5) is 14.9. The Morgan fingerprint density at radius 1 is 1.13 bits per heavy atom. The third-order valence-corrected chi connectivity index (χ3v) is 7.01. The molecule has 1 aromatic heterocycles. The topological polar surface area (TPSA) is 62.2 Å². The van der Waals surface area contributed by atoms with Crippen LogP contribution in [0.5, 0.6) is 0 Å². The quantitative estimate of drug-likeness (QED) is 0.545. The Morgan fingerprint density at radius 3 is 2.55 bits per heavy atom. The lowest BCUT2D eigenvalue weighted by atomic mass is 9.82. The third kappa shape index (κ3) is 6.04. The second kappa shape index (κ2) is 10.2. The Kier molecular flexibility index (Phi) is 7.18. The SMILES string of the molecule is CC/C(=C\c1ccccc1)[C@@H]1C[C@H]1NC1CCC(CCc2ccc(C(=O)O)nc2)CC1. The predicted octanol–water partition coefficient (Wildman–Crippen LogP) is 5.74. The molecule has 0 bridgehead atoms. The average molecular weight is 419 g/mol. The van der Waals surface area contributed by atoms with Crippen LogP contribution in [0, 0.1) is 11.8 Å². The van der Waals surface area contributed by atoms with E-state index in [1.54, 1.807) is 17.8 Å². The lowest BCUT2D eigenvalue weighted by Gasteiger charge is -2.29. The van der Waals surface area contributed by atoms with E-state index in [1.807, 2.05) is 6.07 Å². The molecule has 1 aromatic carbocycles. The number of carboxylic acid groups (broad SMARTS) is 1. The van der Waals surface area contributed by atoms with Gasteiger partial charge in [-0.2, -0.15) is 0 Å². The number of pyridine rings is 1. The minimum atomic E-state index is -0.961. The number of carbonyl (C=O) groups is 1. The number of hydrogen-bond donors (Lipinski definition) is 2. The van der Waals surface area contributed by atoms with Gasteiger partial charge in [0.25, 0.3) is 0 Å². The number of benzene rings is 1. The summed E-state index contributed by atoms with van der Waals surface area (Å²) < 4.78 is 0. The molecular weight excluding hydrogens is 384 g/mol. The number of aromatic nitrogens is 1. The molecule has 0 radical (unpaired) electrons. The molecule has 0 spiro atoms. The molecule has 4 rings (SSSR count). The molecule has 2 N–H and O–H groups in total. The number of aryl methyl sites for hydroxylation is 1. The lowest BCUT2D eigenvalue weighted by molar-refractivity contribution is 0.0690. The molecule has 0 unspecified atom stereocenters. The number of aromatic carboxylic acids is 1. The van der Waals surface area contributed by atoms with Crippen LogP contribution in [0.1, 0.15) is 73.5 Å². The van der Waals surface area contributed by atoms with E-state index in [-0.39, 0.29) is 5.69 Å². The molecule has 164 valence electrons. The first kappa shape index (κ1) is 21.8. The minimum Gasteiger partial charge on any atom is -0.477 e. The average Bonchev–Trinajstić information content (AvgIpc) is 3.56. The Labute approximate surface area is 185 Å². The summed E-state index contributed by atoms with van der Waals surface area (Å²) in [6.45, 7) is 2.28. The zero-order valence-electron chi connectivity index (χ0n) is 18.5. The Hall–Kier alpha value is -2.46. The summed E-state index contributed by atoms with van der Waals surface area (Å²) in [5.41, 5.74) is 4.17. The van der Waals surface area contributed by atoms with Crippen LogP contribution in [0.3, 0.4) is 0 Å². The molecule has 0 amide bonds. The van der Waals surface area contributed by atoms with Crippen molar-refractivity contribution in [2.45, 2.75) is 70.4 Å². The number of nitrogens with one attached hydrogen (secondary N) is 1. The van der Waals surface area contributed by atoms with E-state index < -0.39 is 5.97 Å². The number of carboxylic acids is 1. The van der Waals surface area contributed by atoms with Gasteiger partial charge in [0, 0.05) is 18.3 Å². The van der Waals surface area contributed by atoms with E-state index >= 15 is 0 Å². The molecule has 0 saturated heterocycles. The first-order valence-corrected chi connectivity index (χ1v) is 11.8. The Bertz CT molecular complexity index is 883. The maximum Gasteiger partial charge on any atom is 0.354 e. The Morgan fingerprint density at radius 2 is 1.90 bits per heavy atom. The largest absolute Gasteiger partial charge is 0.477 e. The van der Waals surface area contributed by atoms with Gasteiger partial charge in [-0.15, -0.1) is 0 Å². The highest BCUT2D eigenvalue weighted by Gasteiger charge is 2.40. The highest BCUT2D eigenvalue weighted by Crippen LogP contribution is 2.41. The van der Waals surface area contributed by atoms with Crippen molar-refractivity contribution in [2.24, 2.45) is 11.8 Å². The van der Waals surface area contributed by atoms with Crippen molar-refractivity contribution in [2.75, 3.05) is 0 Å². The first-order valence-electron chi connectivity index (χ1n) is 11.8. The molecule has 4 nitrogen and oxygen atoms in total. The van der Waals surface area contributed by atoms with Gasteiger partial charge in [0.05, 0.1) is 0 Å². The molecule has 2 atom stereocenters. The van der Waals surface area contributed by atoms with Crippen molar-refractivity contribution in [1.82, 2.24) is 10.3 Å². The first-order chi connectivity index (χ1) is 15.1. The van der Waals surface area contributed by atoms with Gasteiger partial charge < -0.3 is 10.4 Å². The second-order valence-electron chi connectivity index (χ2n) is 9.21. The summed E-state index contributed by atoms with van der Waals surface area (Å²) in [7, 11) is 0. The van der Waals surface area contributed by atoms with Crippen LogP contribution in [-0.2, 0) is 6.42 Å². The highest BCUT2D eigenvalue weighted by molar-refractivity contribution is 5.85. The zero-order chi connectivity index (χ0) is 21.6. The van der Waals surface area contributed by atoms with Gasteiger partial charge >= 0.3 is 5.97 Å². The molecule has 4 heteroatoms. The summed E-state index contributed by atoms with van der Waals surface area (Å²) in [5, 5.41) is 12.9. The second-order valence-corrected chi connectivity index (χ2v) is 9.21. The van der Waals surface area contributed by atoms with E-state index in [1.165, 1.54) is 44.1 Å². The van der Waals surface area contributed by atoms with E-state index in [0.717, 1.165) is 24.3 Å². The highest BCUT2D eigenvalue weighted by atomic mass is 16.4. The van der Waals surface area contributed by atoms with E-state index in [2.05, 4.69) is 53.6 Å². The van der Waals surface area contributed by atoms with Gasteiger partial charge in [-0.05, 0) is 80.4 Å². The van der Waals surface area contributed by atoms with Crippen molar-refractivity contribution in [3.63, 3.8) is 0 Å². The van der Waals surface area contributed by atoms with Crippen molar-refractivity contribution in [3.05, 3.63) is 71.1 Å². The molecule has 0 aliphatic heterocycles. The van der Waals surface area contributed by atoms with Crippen LogP contribution in [0.2, 0.25) is 0 Å². The van der Waals surface area contributed by atoms with E-state index in [9.17, 15) is 4.79 Å². The maximum absolute atomic E-state index is 10.9. The van der Waals surface area contributed by atoms with Gasteiger partial charge in [-0.25, -0.2) is 9.78 Å². The predicted molar refractivity (Wildman–Crippen MR) is 125 cm³/mol. The van der Waals surface area contributed by atoms with Crippen LogP contribution in [0.15, 0.2) is 54.2 Å².